The summed E-state index contributed by atoms with van der Waals surface area (Å²) in [7, 11) is 1.52. The molecule has 1 aromatic carbocycles. The lowest BCUT2D eigenvalue weighted by Crippen LogP contribution is -2.40. The summed E-state index contributed by atoms with van der Waals surface area (Å²) in [6.07, 6.45) is 2.20. The molecule has 2 aromatic rings. The quantitative estimate of drug-likeness (QED) is 0.846. The minimum atomic E-state index is -0.820. The number of hydrogen-bond acceptors (Lipinski definition) is 3. The van der Waals surface area contributed by atoms with Gasteiger partial charge in [0.05, 0.1) is 12.6 Å². The van der Waals surface area contributed by atoms with Gasteiger partial charge >= 0.3 is 11.1 Å². The molecular weight excluding hydrogens is 256 g/mol. The zero-order valence-corrected chi connectivity index (χ0v) is 11.8. The normalized spacial score (nSPS) is 12.4. The summed E-state index contributed by atoms with van der Waals surface area (Å²) < 4.78 is 2.46. The Morgan fingerprint density at radius 2 is 1.80 bits per heavy atom. The smallest absolute Gasteiger partial charge is 0.316 e. The Kier molecular flexibility index (Phi) is 3.90. The molecule has 20 heavy (non-hydrogen) atoms. The second-order valence-electron chi connectivity index (χ2n) is 5.03. The molecule has 0 fully saturated rings. The first-order valence-corrected chi connectivity index (χ1v) is 6.41. The van der Waals surface area contributed by atoms with E-state index < -0.39 is 17.2 Å². The molecule has 0 saturated heterocycles. The van der Waals surface area contributed by atoms with Gasteiger partial charge in [0.2, 0.25) is 0 Å². The maximum Gasteiger partial charge on any atom is 0.316 e. The van der Waals surface area contributed by atoms with Crippen LogP contribution in [0.1, 0.15) is 22.8 Å². The van der Waals surface area contributed by atoms with Crippen molar-refractivity contribution in [2.45, 2.75) is 26.5 Å². The van der Waals surface area contributed by atoms with E-state index in [0.29, 0.717) is 0 Å². The van der Waals surface area contributed by atoms with Gasteiger partial charge in [-0.1, -0.05) is 18.2 Å². The molecule has 1 heterocycles. The first-order chi connectivity index (χ1) is 9.40. The number of aliphatic hydroxyl groups excluding tert-OH is 1. The minimum absolute atomic E-state index is 0.0669. The van der Waals surface area contributed by atoms with Gasteiger partial charge < -0.3 is 14.2 Å². The molecule has 0 amide bonds. The molecule has 0 aliphatic carbocycles. The Bertz CT molecular complexity index is 744. The van der Waals surface area contributed by atoms with E-state index in [0.717, 1.165) is 16.7 Å². The topological polar surface area (TPSA) is 64.2 Å². The van der Waals surface area contributed by atoms with Crippen molar-refractivity contribution in [2.75, 3.05) is 0 Å². The second kappa shape index (κ2) is 5.46. The van der Waals surface area contributed by atoms with E-state index in [4.69, 9.17) is 0 Å². The van der Waals surface area contributed by atoms with Gasteiger partial charge in [0.1, 0.15) is 0 Å². The molecule has 1 unspecified atom stereocenters. The van der Waals surface area contributed by atoms with Crippen LogP contribution in [0.5, 0.6) is 0 Å². The number of rotatable bonds is 3. The monoisotopic (exact) mass is 274 g/mol. The average molecular weight is 274 g/mol. The molecule has 106 valence electrons. The van der Waals surface area contributed by atoms with Gasteiger partial charge in [-0.3, -0.25) is 9.59 Å². The van der Waals surface area contributed by atoms with Crippen LogP contribution < -0.4 is 11.1 Å². The van der Waals surface area contributed by atoms with E-state index in [1.807, 2.05) is 32.0 Å². The third-order valence-corrected chi connectivity index (χ3v) is 3.52. The standard InChI is InChI=1S/C15H18N2O3/c1-10-4-5-12(8-11(10)2)13(18)9-17-7-6-16(3)14(19)15(17)20/h4-8,13,18H,9H2,1-3H3. The highest BCUT2D eigenvalue weighted by Crippen LogP contribution is 2.18. The predicted molar refractivity (Wildman–Crippen MR) is 76.8 cm³/mol. The summed E-state index contributed by atoms with van der Waals surface area (Å²) in [5.74, 6) is 0. The zero-order valence-electron chi connectivity index (χ0n) is 11.8. The first-order valence-electron chi connectivity index (χ1n) is 6.41. The largest absolute Gasteiger partial charge is 0.387 e. The van der Waals surface area contributed by atoms with Crippen LogP contribution in [-0.2, 0) is 13.6 Å². The van der Waals surface area contributed by atoms with Gasteiger partial charge in [-0.15, -0.1) is 0 Å². The third kappa shape index (κ3) is 2.72. The molecular formula is C15H18N2O3. The fourth-order valence-corrected chi connectivity index (χ4v) is 2.00. The summed E-state index contributed by atoms with van der Waals surface area (Å²) in [6, 6.07) is 5.66. The summed E-state index contributed by atoms with van der Waals surface area (Å²) >= 11 is 0. The number of aromatic nitrogens is 2. The van der Waals surface area contributed by atoms with Crippen LogP contribution >= 0.6 is 0 Å². The molecule has 1 atom stereocenters. The Morgan fingerprint density at radius 1 is 1.10 bits per heavy atom. The van der Waals surface area contributed by atoms with E-state index in [9.17, 15) is 14.7 Å². The van der Waals surface area contributed by atoms with Crippen molar-refractivity contribution < 1.29 is 5.11 Å². The lowest BCUT2D eigenvalue weighted by Gasteiger charge is -2.14. The van der Waals surface area contributed by atoms with Gasteiger partial charge in [0.15, 0.2) is 0 Å². The number of nitrogens with zero attached hydrogens (tertiary/aromatic N) is 2. The summed E-state index contributed by atoms with van der Waals surface area (Å²) in [5, 5.41) is 10.2. The van der Waals surface area contributed by atoms with E-state index in [1.54, 1.807) is 0 Å². The minimum Gasteiger partial charge on any atom is -0.387 e. The van der Waals surface area contributed by atoms with Gasteiger partial charge in [0.25, 0.3) is 0 Å². The lowest BCUT2D eigenvalue weighted by molar-refractivity contribution is 0.154. The summed E-state index contributed by atoms with van der Waals surface area (Å²) in [5.41, 5.74) is 1.74. The van der Waals surface area contributed by atoms with Gasteiger partial charge in [-0.25, -0.2) is 0 Å². The van der Waals surface area contributed by atoms with Crippen molar-refractivity contribution >= 4 is 0 Å². The van der Waals surface area contributed by atoms with E-state index in [1.165, 1.54) is 28.6 Å². The Morgan fingerprint density at radius 3 is 2.45 bits per heavy atom. The number of benzene rings is 1. The van der Waals surface area contributed by atoms with Crippen molar-refractivity contribution in [3.8, 4) is 0 Å². The first kappa shape index (κ1) is 14.3. The molecule has 1 N–H and O–H groups in total. The fraction of sp³-hybridized carbons (Fsp3) is 0.333. The summed E-state index contributed by atoms with van der Waals surface area (Å²) in [4.78, 5) is 23.4. The molecule has 5 nitrogen and oxygen atoms in total. The van der Waals surface area contributed by atoms with Crippen molar-refractivity contribution in [3.63, 3.8) is 0 Å². The van der Waals surface area contributed by atoms with Gasteiger partial charge in [-0.05, 0) is 30.5 Å². The molecule has 0 radical (unpaired) electrons. The van der Waals surface area contributed by atoms with Crippen molar-refractivity contribution in [3.05, 3.63) is 68.0 Å². The molecule has 5 heteroatoms. The van der Waals surface area contributed by atoms with Crippen molar-refractivity contribution in [1.29, 1.82) is 0 Å². The molecule has 1 aromatic heterocycles. The van der Waals surface area contributed by atoms with E-state index in [2.05, 4.69) is 0 Å². The predicted octanol–water partition coefficient (Wildman–Crippen LogP) is 0.897. The van der Waals surface area contributed by atoms with Crippen molar-refractivity contribution in [1.82, 2.24) is 9.13 Å². The highest BCUT2D eigenvalue weighted by Gasteiger charge is 2.11. The highest BCUT2D eigenvalue weighted by atomic mass is 16.3. The van der Waals surface area contributed by atoms with E-state index >= 15 is 0 Å². The number of hydrogen-bond donors (Lipinski definition) is 1. The van der Waals surface area contributed by atoms with Gasteiger partial charge in [0, 0.05) is 19.4 Å². The molecule has 2 rings (SSSR count). The second-order valence-corrected chi connectivity index (χ2v) is 5.03. The van der Waals surface area contributed by atoms with Gasteiger partial charge in [-0.2, -0.15) is 0 Å². The third-order valence-electron chi connectivity index (χ3n) is 3.52. The number of aryl methyl sites for hydroxylation is 3. The van der Waals surface area contributed by atoms with Crippen LogP contribution in [0.15, 0.2) is 40.2 Å². The Balaban J connectivity index is 2.30. The zero-order chi connectivity index (χ0) is 14.9. The SMILES string of the molecule is Cc1ccc(C(O)Cn2ccn(C)c(=O)c2=O)cc1C. The van der Waals surface area contributed by atoms with E-state index in [-0.39, 0.29) is 6.54 Å². The van der Waals surface area contributed by atoms with Crippen LogP contribution in [0.25, 0.3) is 0 Å². The number of aliphatic hydroxyl groups is 1. The van der Waals surface area contributed by atoms with Crippen LogP contribution in [0.3, 0.4) is 0 Å². The van der Waals surface area contributed by atoms with Crippen molar-refractivity contribution in [2.24, 2.45) is 7.05 Å². The Hall–Kier alpha value is -2.14. The van der Waals surface area contributed by atoms with Crippen LogP contribution in [0, 0.1) is 13.8 Å². The fourth-order valence-electron chi connectivity index (χ4n) is 2.00. The average Bonchev–Trinajstić information content (AvgIpc) is 2.42. The lowest BCUT2D eigenvalue weighted by atomic mass is 10.0. The highest BCUT2D eigenvalue weighted by molar-refractivity contribution is 5.31. The summed E-state index contributed by atoms with van der Waals surface area (Å²) in [6.45, 7) is 4.03. The van der Waals surface area contributed by atoms with Crippen LogP contribution in [-0.4, -0.2) is 14.2 Å². The van der Waals surface area contributed by atoms with Crippen LogP contribution in [0.4, 0.5) is 0 Å². The maximum absolute atomic E-state index is 11.8. The molecule has 0 saturated carbocycles. The molecule has 0 bridgehead atoms. The molecule has 0 aliphatic heterocycles. The van der Waals surface area contributed by atoms with Crippen LogP contribution in [0.2, 0.25) is 0 Å². The Labute approximate surface area is 116 Å². The maximum atomic E-state index is 11.8. The molecule has 0 spiro atoms. The molecule has 0 aliphatic rings.